The Kier molecular flexibility index (Phi) is 5.21. The molecule has 4 atom stereocenters. The van der Waals surface area contributed by atoms with Crippen LogP contribution in [0.1, 0.15) is 37.0 Å². The Morgan fingerprint density at radius 2 is 1.56 bits per heavy atom. The second kappa shape index (κ2) is 7.42. The first-order valence-corrected chi connectivity index (χ1v) is 8.83. The molecule has 1 aliphatic carbocycles. The van der Waals surface area contributed by atoms with Crippen molar-refractivity contribution in [1.82, 2.24) is 4.90 Å². The van der Waals surface area contributed by atoms with Crippen molar-refractivity contribution in [3.8, 4) is 0 Å². The van der Waals surface area contributed by atoms with Gasteiger partial charge in [-0.3, -0.25) is 19.3 Å². The second-order valence-electron chi connectivity index (χ2n) is 6.83. The lowest BCUT2D eigenvalue weighted by Gasteiger charge is -2.23. The van der Waals surface area contributed by atoms with Crippen LogP contribution in [-0.2, 0) is 19.1 Å². The zero-order valence-electron chi connectivity index (χ0n) is 15.1. The van der Waals surface area contributed by atoms with Crippen molar-refractivity contribution in [3.63, 3.8) is 0 Å². The summed E-state index contributed by atoms with van der Waals surface area (Å²) in [6, 6.07) is 3.77. The van der Waals surface area contributed by atoms with Crippen LogP contribution < -0.4 is 0 Å². The fourth-order valence-corrected chi connectivity index (χ4v) is 3.49. The summed E-state index contributed by atoms with van der Waals surface area (Å²) in [5, 5.41) is 0. The van der Waals surface area contributed by atoms with Crippen LogP contribution in [0, 0.1) is 17.7 Å². The zero-order chi connectivity index (χ0) is 19.7. The van der Waals surface area contributed by atoms with Gasteiger partial charge in [-0.15, -0.1) is 0 Å². The number of nitrogens with zero attached hydrogens (tertiary/aromatic N) is 1. The monoisotopic (exact) mass is 373 g/mol. The maximum absolute atomic E-state index is 13.0. The number of allylic oxidation sites excluding steroid dienone is 2. The van der Waals surface area contributed by atoms with Crippen LogP contribution in [0.25, 0.3) is 0 Å². The number of amides is 2. The van der Waals surface area contributed by atoms with E-state index in [0.717, 1.165) is 17.0 Å². The maximum Gasteiger partial charge on any atom is 0.329 e. The van der Waals surface area contributed by atoms with Crippen molar-refractivity contribution >= 4 is 23.6 Å². The minimum absolute atomic E-state index is 0.203. The first-order chi connectivity index (χ1) is 12.8. The number of esters is 1. The third-order valence-corrected chi connectivity index (χ3v) is 5.06. The Hall–Kier alpha value is -2.83. The summed E-state index contributed by atoms with van der Waals surface area (Å²) in [6.07, 6.45) is 3.56. The van der Waals surface area contributed by atoms with Crippen LogP contribution in [0.3, 0.4) is 0 Å². The molecule has 27 heavy (non-hydrogen) atoms. The van der Waals surface area contributed by atoms with Crippen molar-refractivity contribution in [1.29, 1.82) is 0 Å². The van der Waals surface area contributed by atoms with Crippen LogP contribution >= 0.6 is 0 Å². The molecule has 142 valence electrons. The van der Waals surface area contributed by atoms with Gasteiger partial charge in [-0.1, -0.05) is 12.2 Å². The number of carbonyl (C=O) groups excluding carboxylic acids is 4. The van der Waals surface area contributed by atoms with E-state index in [-0.39, 0.29) is 17.4 Å². The molecule has 0 spiro atoms. The molecule has 1 fully saturated rings. The Labute approximate surface area is 156 Å². The van der Waals surface area contributed by atoms with Gasteiger partial charge in [-0.25, -0.2) is 9.18 Å². The van der Waals surface area contributed by atoms with Gasteiger partial charge in [0.2, 0.25) is 17.6 Å². The minimum atomic E-state index is -1.12. The smallest absolute Gasteiger partial charge is 0.329 e. The van der Waals surface area contributed by atoms with E-state index < -0.39 is 41.6 Å². The first-order valence-electron chi connectivity index (χ1n) is 8.83. The van der Waals surface area contributed by atoms with E-state index in [1.165, 1.54) is 26.0 Å². The summed E-state index contributed by atoms with van der Waals surface area (Å²) in [5.74, 6) is -3.43. The maximum atomic E-state index is 13.0. The van der Waals surface area contributed by atoms with Crippen molar-refractivity contribution in [3.05, 3.63) is 47.8 Å². The van der Waals surface area contributed by atoms with Gasteiger partial charge in [0.05, 0.1) is 11.8 Å². The topological polar surface area (TPSA) is 80.8 Å². The molecule has 7 heteroatoms. The highest BCUT2D eigenvalue weighted by molar-refractivity contribution is 6.08. The van der Waals surface area contributed by atoms with Crippen LogP contribution in [0.5, 0.6) is 0 Å². The minimum Gasteiger partial charge on any atom is -0.453 e. The number of imide groups is 1. The summed E-state index contributed by atoms with van der Waals surface area (Å²) in [7, 11) is 0. The molecule has 1 saturated heterocycles. The lowest BCUT2D eigenvalue weighted by Crippen LogP contribution is -2.45. The highest BCUT2D eigenvalue weighted by Crippen LogP contribution is 2.36. The number of Topliss-reactive ketones (excluding diaryl/α,β-unsaturated/α-hetero) is 1. The average molecular weight is 373 g/mol. The fraction of sp³-hybridized carbons (Fsp3) is 0.400. The summed E-state index contributed by atoms with van der Waals surface area (Å²) < 4.78 is 18.1. The molecule has 2 aliphatic rings. The lowest BCUT2D eigenvalue weighted by molar-refractivity contribution is -0.159. The zero-order valence-corrected chi connectivity index (χ0v) is 15.1. The van der Waals surface area contributed by atoms with E-state index in [4.69, 9.17) is 4.74 Å². The van der Waals surface area contributed by atoms with E-state index in [1.54, 1.807) is 0 Å². The SMILES string of the molecule is C[C@H](OC(=O)[C@H](C)N1C(=O)[C@H]2CC=CC[C@@H]2C1=O)C(=O)c1ccc(F)cc1. The Morgan fingerprint density at radius 3 is 2.07 bits per heavy atom. The van der Waals surface area contributed by atoms with Crippen molar-refractivity contribution in [2.75, 3.05) is 0 Å². The number of hydrogen-bond donors (Lipinski definition) is 0. The Morgan fingerprint density at radius 1 is 1.04 bits per heavy atom. The summed E-state index contributed by atoms with van der Waals surface area (Å²) in [4.78, 5) is 50.8. The summed E-state index contributed by atoms with van der Waals surface area (Å²) in [6.45, 7) is 2.81. The molecular formula is C20H20FNO5. The number of fused-ring (bicyclic) bond motifs is 1. The molecule has 0 N–H and O–H groups in total. The van der Waals surface area contributed by atoms with Crippen molar-refractivity contribution in [2.45, 2.75) is 38.8 Å². The number of ketones is 1. The standard InChI is InChI=1S/C20H20FNO5/c1-11(22-18(24)15-5-3-4-6-16(15)19(22)25)20(26)27-12(2)17(23)13-7-9-14(21)10-8-13/h3-4,7-12,15-16H,5-6H2,1-2H3/t11-,12-,15-,16-/m0/s1. The van der Waals surface area contributed by atoms with Gasteiger partial charge in [0.1, 0.15) is 11.9 Å². The van der Waals surface area contributed by atoms with Crippen molar-refractivity contribution < 1.29 is 28.3 Å². The van der Waals surface area contributed by atoms with Crippen LogP contribution in [0.4, 0.5) is 4.39 Å². The second-order valence-corrected chi connectivity index (χ2v) is 6.83. The quantitative estimate of drug-likeness (QED) is 0.342. The third kappa shape index (κ3) is 3.54. The van der Waals surface area contributed by atoms with Gasteiger partial charge in [-0.05, 0) is 51.0 Å². The van der Waals surface area contributed by atoms with Crippen molar-refractivity contribution in [2.24, 2.45) is 11.8 Å². The van der Waals surface area contributed by atoms with Gasteiger partial charge in [0, 0.05) is 5.56 Å². The van der Waals surface area contributed by atoms with Crippen LogP contribution in [0.2, 0.25) is 0 Å². The molecule has 1 aromatic rings. The molecule has 2 amide bonds. The van der Waals surface area contributed by atoms with Gasteiger partial charge in [-0.2, -0.15) is 0 Å². The molecule has 0 saturated carbocycles. The third-order valence-electron chi connectivity index (χ3n) is 5.06. The molecule has 0 radical (unpaired) electrons. The molecular weight excluding hydrogens is 353 g/mol. The number of hydrogen-bond acceptors (Lipinski definition) is 5. The number of carbonyl (C=O) groups is 4. The van der Waals surface area contributed by atoms with Crippen LogP contribution in [-0.4, -0.2) is 40.6 Å². The van der Waals surface area contributed by atoms with E-state index in [0.29, 0.717) is 12.8 Å². The Bertz CT molecular complexity index is 790. The van der Waals surface area contributed by atoms with E-state index >= 15 is 0 Å². The Balaban J connectivity index is 1.67. The number of rotatable bonds is 5. The predicted molar refractivity (Wildman–Crippen MR) is 93.0 cm³/mol. The predicted octanol–water partition coefficient (Wildman–Crippen LogP) is 2.28. The lowest BCUT2D eigenvalue weighted by atomic mass is 9.85. The van der Waals surface area contributed by atoms with Gasteiger partial charge < -0.3 is 4.74 Å². The molecule has 1 aliphatic heterocycles. The van der Waals surface area contributed by atoms with E-state index in [1.807, 2.05) is 12.2 Å². The number of ether oxygens (including phenoxy) is 1. The highest BCUT2D eigenvalue weighted by Gasteiger charge is 2.50. The molecule has 3 rings (SSSR count). The molecule has 0 unspecified atom stereocenters. The molecule has 1 heterocycles. The van der Waals surface area contributed by atoms with Gasteiger partial charge in [0.15, 0.2) is 6.10 Å². The van der Waals surface area contributed by atoms with E-state index in [2.05, 4.69) is 0 Å². The largest absolute Gasteiger partial charge is 0.453 e. The number of halogens is 1. The number of likely N-dealkylation sites (tertiary alicyclic amines) is 1. The molecule has 0 bridgehead atoms. The molecule has 0 aromatic heterocycles. The summed E-state index contributed by atoms with van der Waals surface area (Å²) in [5.41, 5.74) is 0.203. The van der Waals surface area contributed by atoms with Gasteiger partial charge in [0.25, 0.3) is 0 Å². The average Bonchev–Trinajstić information content (AvgIpc) is 2.92. The number of benzene rings is 1. The van der Waals surface area contributed by atoms with E-state index in [9.17, 15) is 23.6 Å². The fourth-order valence-electron chi connectivity index (χ4n) is 3.49. The summed E-state index contributed by atoms with van der Waals surface area (Å²) >= 11 is 0. The molecule has 1 aromatic carbocycles. The van der Waals surface area contributed by atoms with Crippen LogP contribution in [0.15, 0.2) is 36.4 Å². The van der Waals surface area contributed by atoms with Gasteiger partial charge >= 0.3 is 5.97 Å². The highest BCUT2D eigenvalue weighted by atomic mass is 19.1. The molecule has 6 nitrogen and oxygen atoms in total. The first kappa shape index (κ1) is 18.9. The normalized spacial score (nSPS) is 23.7.